The van der Waals surface area contributed by atoms with Crippen molar-refractivity contribution in [2.45, 2.75) is 46.8 Å². The molecule has 0 aromatic carbocycles. The van der Waals surface area contributed by atoms with Crippen LogP contribution in [0.4, 0.5) is 0 Å². The highest BCUT2D eigenvalue weighted by atomic mass is 16.3. The van der Waals surface area contributed by atoms with Gasteiger partial charge in [-0.3, -0.25) is 4.98 Å². The topological polar surface area (TPSA) is 63.8 Å². The first kappa shape index (κ1) is 14.7. The fourth-order valence-electron chi connectivity index (χ4n) is 1.87. The van der Waals surface area contributed by atoms with E-state index in [1.807, 2.05) is 46.2 Å². The molecule has 0 saturated heterocycles. The van der Waals surface area contributed by atoms with E-state index in [2.05, 4.69) is 15.3 Å². The Hall–Kier alpha value is -1.75. The van der Waals surface area contributed by atoms with Gasteiger partial charge in [-0.05, 0) is 29.5 Å². The molecule has 0 spiro atoms. The molecule has 2 aromatic rings. The van der Waals surface area contributed by atoms with Crippen molar-refractivity contribution in [1.29, 1.82) is 0 Å². The van der Waals surface area contributed by atoms with Crippen molar-refractivity contribution in [1.82, 2.24) is 20.0 Å². The molecule has 0 aliphatic carbocycles. The van der Waals surface area contributed by atoms with E-state index in [0.29, 0.717) is 13.0 Å². The van der Waals surface area contributed by atoms with Gasteiger partial charge in [-0.2, -0.15) is 0 Å². The molecule has 0 fully saturated rings. The first-order valence-corrected chi connectivity index (χ1v) is 6.83. The third-order valence-corrected chi connectivity index (χ3v) is 3.46. The maximum absolute atomic E-state index is 10.1. The summed E-state index contributed by atoms with van der Waals surface area (Å²) in [5.41, 5.74) is 2.98. The first-order valence-electron chi connectivity index (χ1n) is 6.83. The highest BCUT2D eigenvalue weighted by Gasteiger charge is 2.23. The molecule has 0 amide bonds. The molecule has 0 aliphatic rings. The number of aliphatic hydroxyl groups excluding tert-OH is 1. The molecule has 108 valence electrons. The summed E-state index contributed by atoms with van der Waals surface area (Å²) in [6.45, 7) is 8.75. The minimum Gasteiger partial charge on any atom is -0.392 e. The summed E-state index contributed by atoms with van der Waals surface area (Å²) < 4.78 is 1.80. The molecule has 1 unspecified atom stereocenters. The molecule has 20 heavy (non-hydrogen) atoms. The summed E-state index contributed by atoms with van der Waals surface area (Å²) in [5, 5.41) is 18.4. The highest BCUT2D eigenvalue weighted by Crippen LogP contribution is 2.21. The Morgan fingerprint density at radius 3 is 2.75 bits per heavy atom. The van der Waals surface area contributed by atoms with Crippen molar-refractivity contribution >= 4 is 0 Å². The van der Waals surface area contributed by atoms with Gasteiger partial charge in [0.25, 0.3) is 0 Å². The van der Waals surface area contributed by atoms with E-state index in [4.69, 9.17) is 0 Å². The molecule has 0 saturated carbocycles. The SMILES string of the molecule is Cc1cnccc1Cn1cc(CC(O)C(C)(C)C)nn1. The van der Waals surface area contributed by atoms with Gasteiger partial charge in [-0.15, -0.1) is 5.10 Å². The normalized spacial score (nSPS) is 13.4. The van der Waals surface area contributed by atoms with Crippen LogP contribution >= 0.6 is 0 Å². The summed E-state index contributed by atoms with van der Waals surface area (Å²) in [5.74, 6) is 0. The number of rotatable bonds is 4. The van der Waals surface area contributed by atoms with Crippen molar-refractivity contribution in [3.05, 3.63) is 41.5 Å². The number of hydrogen-bond acceptors (Lipinski definition) is 4. The van der Waals surface area contributed by atoms with Crippen LogP contribution in [-0.2, 0) is 13.0 Å². The summed E-state index contributed by atoms with van der Waals surface area (Å²) in [4.78, 5) is 4.08. The van der Waals surface area contributed by atoms with Gasteiger partial charge in [-0.1, -0.05) is 26.0 Å². The van der Waals surface area contributed by atoms with Crippen LogP contribution in [0.5, 0.6) is 0 Å². The van der Waals surface area contributed by atoms with Gasteiger partial charge in [0.1, 0.15) is 0 Å². The maximum Gasteiger partial charge on any atom is 0.0853 e. The molecule has 0 bridgehead atoms. The second-order valence-corrected chi connectivity index (χ2v) is 6.30. The predicted octanol–water partition coefficient (Wildman–Crippen LogP) is 1.98. The average molecular weight is 274 g/mol. The van der Waals surface area contributed by atoms with E-state index in [0.717, 1.165) is 11.3 Å². The van der Waals surface area contributed by atoms with E-state index in [-0.39, 0.29) is 5.41 Å². The van der Waals surface area contributed by atoms with E-state index in [1.165, 1.54) is 5.56 Å². The number of pyridine rings is 1. The fourth-order valence-corrected chi connectivity index (χ4v) is 1.87. The zero-order chi connectivity index (χ0) is 14.8. The zero-order valence-electron chi connectivity index (χ0n) is 12.5. The van der Waals surface area contributed by atoms with Crippen LogP contribution in [-0.4, -0.2) is 31.2 Å². The van der Waals surface area contributed by atoms with Crippen LogP contribution in [0.3, 0.4) is 0 Å². The Kier molecular flexibility index (Phi) is 4.18. The fraction of sp³-hybridized carbons (Fsp3) is 0.533. The molecular weight excluding hydrogens is 252 g/mol. The number of aliphatic hydroxyl groups is 1. The number of hydrogen-bond donors (Lipinski definition) is 1. The molecule has 2 heterocycles. The monoisotopic (exact) mass is 274 g/mol. The number of nitrogens with zero attached hydrogens (tertiary/aromatic N) is 4. The van der Waals surface area contributed by atoms with E-state index in [9.17, 15) is 5.11 Å². The summed E-state index contributed by atoms with van der Waals surface area (Å²) in [6.07, 6.45) is 5.63. The van der Waals surface area contributed by atoms with E-state index < -0.39 is 6.10 Å². The Balaban J connectivity index is 2.05. The summed E-state index contributed by atoms with van der Waals surface area (Å²) in [6, 6.07) is 1.99. The van der Waals surface area contributed by atoms with Crippen molar-refractivity contribution in [2.24, 2.45) is 5.41 Å². The van der Waals surface area contributed by atoms with E-state index in [1.54, 1.807) is 10.9 Å². The first-order chi connectivity index (χ1) is 9.36. The minimum atomic E-state index is -0.421. The lowest BCUT2D eigenvalue weighted by Gasteiger charge is -2.24. The highest BCUT2D eigenvalue weighted by molar-refractivity contribution is 5.21. The van der Waals surface area contributed by atoms with Crippen LogP contribution in [0.2, 0.25) is 0 Å². The molecule has 1 atom stereocenters. The second-order valence-electron chi connectivity index (χ2n) is 6.30. The van der Waals surface area contributed by atoms with Crippen LogP contribution in [0.15, 0.2) is 24.7 Å². The van der Waals surface area contributed by atoms with Crippen LogP contribution in [0, 0.1) is 12.3 Å². The molecule has 5 heteroatoms. The third-order valence-electron chi connectivity index (χ3n) is 3.46. The second kappa shape index (κ2) is 5.71. The average Bonchev–Trinajstić information content (AvgIpc) is 2.78. The molecule has 0 aliphatic heterocycles. The smallest absolute Gasteiger partial charge is 0.0853 e. The largest absolute Gasteiger partial charge is 0.392 e. The van der Waals surface area contributed by atoms with Gasteiger partial charge in [0.15, 0.2) is 0 Å². The minimum absolute atomic E-state index is 0.147. The quantitative estimate of drug-likeness (QED) is 0.926. The lowest BCUT2D eigenvalue weighted by Crippen LogP contribution is -2.28. The molecular formula is C15H22N4O. The van der Waals surface area contributed by atoms with Crippen molar-refractivity contribution in [3.63, 3.8) is 0 Å². The van der Waals surface area contributed by atoms with Crippen molar-refractivity contribution in [2.75, 3.05) is 0 Å². The van der Waals surface area contributed by atoms with Gasteiger partial charge in [0, 0.05) is 25.0 Å². The number of aryl methyl sites for hydroxylation is 1. The zero-order valence-corrected chi connectivity index (χ0v) is 12.5. The summed E-state index contributed by atoms with van der Waals surface area (Å²) in [7, 11) is 0. The van der Waals surface area contributed by atoms with Crippen LogP contribution < -0.4 is 0 Å². The van der Waals surface area contributed by atoms with Gasteiger partial charge in [0.05, 0.1) is 18.3 Å². The van der Waals surface area contributed by atoms with Gasteiger partial charge >= 0.3 is 0 Å². The molecule has 5 nitrogen and oxygen atoms in total. The van der Waals surface area contributed by atoms with E-state index >= 15 is 0 Å². The third kappa shape index (κ3) is 3.63. The molecule has 2 rings (SSSR count). The number of aromatic nitrogens is 4. The Morgan fingerprint density at radius 1 is 1.35 bits per heavy atom. The molecule has 2 aromatic heterocycles. The standard InChI is InChI=1S/C15H22N4O/c1-11-8-16-6-5-12(11)9-19-10-13(17-18-19)7-14(20)15(2,3)4/h5-6,8,10,14,20H,7,9H2,1-4H3. The van der Waals surface area contributed by atoms with Gasteiger partial charge in [0.2, 0.25) is 0 Å². The van der Waals surface area contributed by atoms with Gasteiger partial charge in [-0.25, -0.2) is 4.68 Å². The Morgan fingerprint density at radius 2 is 2.10 bits per heavy atom. The molecule has 1 N–H and O–H groups in total. The maximum atomic E-state index is 10.1. The van der Waals surface area contributed by atoms with Crippen molar-refractivity contribution in [3.8, 4) is 0 Å². The van der Waals surface area contributed by atoms with Crippen LogP contribution in [0.25, 0.3) is 0 Å². The summed E-state index contributed by atoms with van der Waals surface area (Å²) >= 11 is 0. The Labute approximate surface area is 119 Å². The van der Waals surface area contributed by atoms with Crippen molar-refractivity contribution < 1.29 is 5.11 Å². The predicted molar refractivity (Wildman–Crippen MR) is 77.3 cm³/mol. The van der Waals surface area contributed by atoms with Crippen LogP contribution in [0.1, 0.15) is 37.6 Å². The Bertz CT molecular complexity index is 571. The molecule has 0 radical (unpaired) electrons. The van der Waals surface area contributed by atoms with Gasteiger partial charge < -0.3 is 5.11 Å². The lowest BCUT2D eigenvalue weighted by molar-refractivity contribution is 0.0627. The lowest BCUT2D eigenvalue weighted by atomic mass is 9.87.